The van der Waals surface area contributed by atoms with Crippen molar-refractivity contribution in [1.82, 2.24) is 14.8 Å². The highest BCUT2D eigenvalue weighted by molar-refractivity contribution is 5.93. The fourth-order valence-corrected chi connectivity index (χ4v) is 3.48. The molecule has 138 valence electrons. The van der Waals surface area contributed by atoms with Gasteiger partial charge in [0.25, 0.3) is 11.5 Å². The van der Waals surface area contributed by atoms with E-state index in [4.69, 9.17) is 0 Å². The Morgan fingerprint density at radius 3 is 2.81 bits per heavy atom. The fourth-order valence-electron chi connectivity index (χ4n) is 3.48. The quantitative estimate of drug-likeness (QED) is 0.865. The van der Waals surface area contributed by atoms with Gasteiger partial charge in [-0.25, -0.2) is 0 Å². The van der Waals surface area contributed by atoms with E-state index in [2.05, 4.69) is 34.5 Å². The summed E-state index contributed by atoms with van der Waals surface area (Å²) in [4.78, 5) is 26.4. The Morgan fingerprint density at radius 1 is 1.23 bits per heavy atom. The van der Waals surface area contributed by atoms with Crippen LogP contribution in [0.4, 0.5) is 0 Å². The number of amides is 1. The molecule has 1 atom stereocenters. The number of rotatable bonds is 6. The standard InChI is InChI=1S/C21H27N3O2/c1-23-12-10-19(14-20(23)25)21(26)22-15-18-8-5-11-24(16-18)13-9-17-6-3-2-4-7-17/h2-4,6-7,10,12,14,18H,5,8-9,11,13,15-16H2,1H3,(H,22,26)/t18-/m1/s1. The third-order valence-electron chi connectivity index (χ3n) is 5.08. The third-order valence-corrected chi connectivity index (χ3v) is 5.08. The topological polar surface area (TPSA) is 54.3 Å². The predicted molar refractivity (Wildman–Crippen MR) is 103 cm³/mol. The van der Waals surface area contributed by atoms with Crippen LogP contribution in [0.5, 0.6) is 0 Å². The van der Waals surface area contributed by atoms with E-state index in [0.717, 1.165) is 32.5 Å². The Balaban J connectivity index is 1.46. The van der Waals surface area contributed by atoms with Gasteiger partial charge < -0.3 is 14.8 Å². The van der Waals surface area contributed by atoms with Crippen molar-refractivity contribution >= 4 is 5.91 Å². The number of carbonyl (C=O) groups excluding carboxylic acids is 1. The maximum absolute atomic E-state index is 12.3. The molecule has 2 heterocycles. The van der Waals surface area contributed by atoms with E-state index in [0.29, 0.717) is 18.0 Å². The van der Waals surface area contributed by atoms with Crippen LogP contribution in [0.3, 0.4) is 0 Å². The van der Waals surface area contributed by atoms with E-state index >= 15 is 0 Å². The van der Waals surface area contributed by atoms with E-state index in [1.165, 1.54) is 22.6 Å². The molecule has 0 aliphatic carbocycles. The van der Waals surface area contributed by atoms with Gasteiger partial charge in [-0.2, -0.15) is 0 Å². The summed E-state index contributed by atoms with van der Waals surface area (Å²) in [6.07, 6.45) is 5.00. The zero-order valence-corrected chi connectivity index (χ0v) is 15.4. The molecule has 1 aromatic carbocycles. The molecule has 1 aromatic heterocycles. The summed E-state index contributed by atoms with van der Waals surface area (Å²) in [5.74, 6) is 0.305. The van der Waals surface area contributed by atoms with E-state index in [1.54, 1.807) is 19.3 Å². The van der Waals surface area contributed by atoms with E-state index in [9.17, 15) is 9.59 Å². The van der Waals surface area contributed by atoms with Crippen LogP contribution in [0.15, 0.2) is 53.5 Å². The van der Waals surface area contributed by atoms with Crippen molar-refractivity contribution in [2.24, 2.45) is 13.0 Å². The molecule has 5 heteroatoms. The van der Waals surface area contributed by atoms with Crippen LogP contribution in [0.1, 0.15) is 28.8 Å². The molecule has 1 aliphatic heterocycles. The maximum Gasteiger partial charge on any atom is 0.251 e. The van der Waals surface area contributed by atoms with Crippen LogP contribution in [0, 0.1) is 5.92 Å². The second kappa shape index (κ2) is 8.81. The maximum atomic E-state index is 12.3. The Labute approximate surface area is 154 Å². The highest BCUT2D eigenvalue weighted by atomic mass is 16.2. The molecule has 1 amide bonds. The van der Waals surface area contributed by atoms with Crippen molar-refractivity contribution in [3.05, 3.63) is 70.1 Å². The van der Waals surface area contributed by atoms with Crippen molar-refractivity contribution in [1.29, 1.82) is 0 Å². The zero-order chi connectivity index (χ0) is 18.4. The van der Waals surface area contributed by atoms with Gasteiger partial charge in [-0.15, -0.1) is 0 Å². The van der Waals surface area contributed by atoms with Gasteiger partial charge in [0, 0.05) is 44.5 Å². The van der Waals surface area contributed by atoms with E-state index in [1.807, 2.05) is 6.07 Å². The minimum absolute atomic E-state index is 0.163. The number of nitrogens with one attached hydrogen (secondary N) is 1. The molecule has 2 aromatic rings. The lowest BCUT2D eigenvalue weighted by Crippen LogP contribution is -2.41. The summed E-state index contributed by atoms with van der Waals surface area (Å²) < 4.78 is 1.46. The number of carbonyl (C=O) groups is 1. The Bertz CT molecular complexity index is 785. The van der Waals surface area contributed by atoms with Gasteiger partial charge in [-0.05, 0) is 43.4 Å². The highest BCUT2D eigenvalue weighted by Gasteiger charge is 2.20. The van der Waals surface area contributed by atoms with Crippen LogP contribution in [-0.4, -0.2) is 41.6 Å². The largest absolute Gasteiger partial charge is 0.352 e. The molecule has 3 rings (SSSR count). The first-order valence-electron chi connectivity index (χ1n) is 9.33. The number of hydrogen-bond acceptors (Lipinski definition) is 3. The van der Waals surface area contributed by atoms with Gasteiger partial charge in [0.2, 0.25) is 0 Å². The van der Waals surface area contributed by atoms with Crippen LogP contribution in [0.25, 0.3) is 0 Å². The van der Waals surface area contributed by atoms with E-state index < -0.39 is 0 Å². The smallest absolute Gasteiger partial charge is 0.251 e. The van der Waals surface area contributed by atoms with Gasteiger partial charge in [-0.1, -0.05) is 30.3 Å². The molecule has 0 saturated carbocycles. The number of nitrogens with zero attached hydrogens (tertiary/aromatic N) is 2. The average molecular weight is 353 g/mol. The molecule has 0 bridgehead atoms. The Morgan fingerprint density at radius 2 is 2.04 bits per heavy atom. The summed E-state index contributed by atoms with van der Waals surface area (Å²) in [6, 6.07) is 13.6. The molecule has 1 saturated heterocycles. The summed E-state index contributed by atoms with van der Waals surface area (Å²) >= 11 is 0. The van der Waals surface area contributed by atoms with Crippen molar-refractivity contribution in [3.63, 3.8) is 0 Å². The van der Waals surface area contributed by atoms with Crippen LogP contribution >= 0.6 is 0 Å². The molecular weight excluding hydrogens is 326 g/mol. The first kappa shape index (κ1) is 18.4. The number of benzene rings is 1. The number of hydrogen-bond donors (Lipinski definition) is 1. The van der Waals surface area contributed by atoms with Crippen molar-refractivity contribution in [2.75, 3.05) is 26.2 Å². The molecule has 1 N–H and O–H groups in total. The molecule has 1 fully saturated rings. The number of aromatic nitrogens is 1. The predicted octanol–water partition coefficient (Wildman–Crippen LogP) is 2.07. The lowest BCUT2D eigenvalue weighted by molar-refractivity contribution is 0.0932. The lowest BCUT2D eigenvalue weighted by atomic mass is 9.97. The number of pyridine rings is 1. The fraction of sp³-hybridized carbons (Fsp3) is 0.429. The minimum Gasteiger partial charge on any atom is -0.352 e. The Hall–Kier alpha value is -2.40. The molecular formula is C21H27N3O2. The van der Waals surface area contributed by atoms with Gasteiger partial charge in [-0.3, -0.25) is 9.59 Å². The molecule has 1 aliphatic rings. The van der Waals surface area contributed by atoms with Crippen LogP contribution < -0.4 is 10.9 Å². The zero-order valence-electron chi connectivity index (χ0n) is 15.4. The number of piperidine rings is 1. The van der Waals surface area contributed by atoms with Gasteiger partial charge in [0.15, 0.2) is 0 Å². The number of aryl methyl sites for hydroxylation is 1. The molecule has 5 nitrogen and oxygen atoms in total. The Kier molecular flexibility index (Phi) is 6.23. The minimum atomic E-state index is -0.164. The van der Waals surface area contributed by atoms with Gasteiger partial charge in [0.05, 0.1) is 0 Å². The van der Waals surface area contributed by atoms with Crippen molar-refractivity contribution in [2.45, 2.75) is 19.3 Å². The highest BCUT2D eigenvalue weighted by Crippen LogP contribution is 2.16. The van der Waals surface area contributed by atoms with Crippen LogP contribution in [0.2, 0.25) is 0 Å². The van der Waals surface area contributed by atoms with E-state index in [-0.39, 0.29) is 11.5 Å². The molecule has 0 radical (unpaired) electrons. The van der Waals surface area contributed by atoms with Crippen molar-refractivity contribution < 1.29 is 4.79 Å². The molecule has 0 unspecified atom stereocenters. The normalized spacial score (nSPS) is 17.8. The monoisotopic (exact) mass is 353 g/mol. The summed E-state index contributed by atoms with van der Waals surface area (Å²) in [5, 5.41) is 3.00. The van der Waals surface area contributed by atoms with Crippen molar-refractivity contribution in [3.8, 4) is 0 Å². The second-order valence-corrected chi connectivity index (χ2v) is 7.12. The summed E-state index contributed by atoms with van der Waals surface area (Å²) in [7, 11) is 1.68. The average Bonchev–Trinajstić information content (AvgIpc) is 2.68. The first-order valence-corrected chi connectivity index (χ1v) is 9.33. The van der Waals surface area contributed by atoms with Gasteiger partial charge >= 0.3 is 0 Å². The molecule has 0 spiro atoms. The third kappa shape index (κ3) is 5.05. The SMILES string of the molecule is Cn1ccc(C(=O)NC[C@H]2CCCN(CCc3ccccc3)C2)cc1=O. The summed E-state index contributed by atoms with van der Waals surface area (Å²) in [6.45, 7) is 3.87. The second-order valence-electron chi connectivity index (χ2n) is 7.12. The molecule has 26 heavy (non-hydrogen) atoms. The van der Waals surface area contributed by atoms with Crippen LogP contribution in [-0.2, 0) is 13.5 Å². The number of likely N-dealkylation sites (tertiary alicyclic amines) is 1. The summed E-state index contributed by atoms with van der Waals surface area (Å²) in [5.41, 5.74) is 1.64. The lowest BCUT2D eigenvalue weighted by Gasteiger charge is -2.32. The first-order chi connectivity index (χ1) is 12.6. The van der Waals surface area contributed by atoms with Gasteiger partial charge in [0.1, 0.15) is 0 Å².